The molecule has 6 heteroatoms. The first-order valence-corrected chi connectivity index (χ1v) is 9.07. The lowest BCUT2D eigenvalue weighted by molar-refractivity contribution is -0.129. The summed E-state index contributed by atoms with van der Waals surface area (Å²) in [5.41, 5.74) is 1.08. The van der Waals surface area contributed by atoms with Crippen molar-refractivity contribution in [3.63, 3.8) is 0 Å². The normalized spacial score (nSPS) is 19.0. The smallest absolute Gasteiger partial charge is 0.228 e. The van der Waals surface area contributed by atoms with E-state index in [1.807, 2.05) is 12.2 Å². The average Bonchev–Trinajstić information content (AvgIpc) is 2.65. The van der Waals surface area contributed by atoms with Crippen LogP contribution in [0.25, 0.3) is 0 Å². The minimum absolute atomic E-state index is 0.221. The Kier molecular flexibility index (Phi) is 5.96. The van der Waals surface area contributed by atoms with Gasteiger partial charge in [0.15, 0.2) is 0 Å². The van der Waals surface area contributed by atoms with Crippen LogP contribution in [0.5, 0.6) is 0 Å². The fraction of sp³-hybridized carbons (Fsp3) is 0.200. The molecule has 0 radical (unpaired) electrons. The lowest BCUT2D eigenvalue weighted by Gasteiger charge is -2.27. The topological polar surface area (TPSA) is 58.2 Å². The number of benzene rings is 2. The van der Waals surface area contributed by atoms with Crippen molar-refractivity contribution in [1.29, 1.82) is 0 Å². The van der Waals surface area contributed by atoms with Crippen LogP contribution in [0.4, 0.5) is 11.4 Å². The second-order valence-corrected chi connectivity index (χ2v) is 6.91. The van der Waals surface area contributed by atoms with Crippen molar-refractivity contribution in [2.45, 2.75) is 12.8 Å². The van der Waals surface area contributed by atoms with Gasteiger partial charge in [-0.3, -0.25) is 9.59 Å². The van der Waals surface area contributed by atoms with Crippen LogP contribution in [-0.2, 0) is 9.59 Å². The Labute approximate surface area is 162 Å². The molecule has 0 saturated carbocycles. The number of rotatable bonds is 4. The van der Waals surface area contributed by atoms with Gasteiger partial charge in [-0.1, -0.05) is 59.6 Å². The number of anilines is 2. The van der Waals surface area contributed by atoms with Crippen LogP contribution in [0.1, 0.15) is 12.8 Å². The second kappa shape index (κ2) is 8.39. The molecule has 2 amide bonds. The molecular weight excluding hydrogens is 371 g/mol. The van der Waals surface area contributed by atoms with Gasteiger partial charge in [0.25, 0.3) is 0 Å². The van der Waals surface area contributed by atoms with Crippen LogP contribution in [0.3, 0.4) is 0 Å². The van der Waals surface area contributed by atoms with E-state index in [2.05, 4.69) is 10.6 Å². The molecule has 0 fully saturated rings. The van der Waals surface area contributed by atoms with Crippen LogP contribution in [0.15, 0.2) is 60.7 Å². The zero-order valence-electron chi connectivity index (χ0n) is 13.9. The lowest BCUT2D eigenvalue weighted by atomic mass is 9.81. The first-order valence-electron chi connectivity index (χ1n) is 8.32. The van der Waals surface area contributed by atoms with Crippen LogP contribution < -0.4 is 10.6 Å². The molecule has 2 atom stereocenters. The third-order valence-electron chi connectivity index (χ3n) is 4.37. The molecule has 2 N–H and O–H groups in total. The number of nitrogens with one attached hydrogen (secondary N) is 2. The van der Waals surface area contributed by atoms with E-state index in [-0.39, 0.29) is 11.8 Å². The van der Waals surface area contributed by atoms with E-state index in [1.165, 1.54) is 0 Å². The highest BCUT2D eigenvalue weighted by Crippen LogP contribution is 2.30. The fourth-order valence-electron chi connectivity index (χ4n) is 2.97. The van der Waals surface area contributed by atoms with E-state index in [0.29, 0.717) is 34.3 Å². The summed E-state index contributed by atoms with van der Waals surface area (Å²) in [6, 6.07) is 14.1. The highest BCUT2D eigenvalue weighted by Gasteiger charge is 2.34. The first-order chi connectivity index (χ1) is 12.6. The number of halogens is 2. The van der Waals surface area contributed by atoms with Crippen molar-refractivity contribution < 1.29 is 9.59 Å². The van der Waals surface area contributed by atoms with E-state index < -0.39 is 11.8 Å². The van der Waals surface area contributed by atoms with Crippen LogP contribution in [0.2, 0.25) is 10.0 Å². The molecule has 0 bridgehead atoms. The SMILES string of the molecule is O=C(Nc1ccccc1Cl)C1CC=CCC1C(=O)Nc1ccccc1Cl. The third-order valence-corrected chi connectivity index (χ3v) is 5.03. The van der Waals surface area contributed by atoms with Crippen molar-refractivity contribution in [3.8, 4) is 0 Å². The molecule has 0 saturated heterocycles. The molecule has 3 rings (SSSR count). The molecule has 2 aromatic rings. The molecular formula is C20H18Cl2N2O2. The standard InChI is InChI=1S/C20H18Cl2N2O2/c21-15-9-3-5-11-17(15)23-19(25)13-7-1-2-8-14(13)20(26)24-18-12-6-4-10-16(18)22/h1-6,9-14H,7-8H2,(H,23,25)(H,24,26). The van der Waals surface area contributed by atoms with Crippen molar-refractivity contribution in [1.82, 2.24) is 0 Å². The highest BCUT2D eigenvalue weighted by molar-refractivity contribution is 6.34. The molecule has 2 aromatic carbocycles. The summed E-state index contributed by atoms with van der Waals surface area (Å²) in [6.45, 7) is 0. The summed E-state index contributed by atoms with van der Waals surface area (Å²) >= 11 is 12.2. The van der Waals surface area contributed by atoms with E-state index >= 15 is 0 Å². The summed E-state index contributed by atoms with van der Waals surface area (Å²) in [5.74, 6) is -1.39. The third kappa shape index (κ3) is 4.26. The maximum atomic E-state index is 12.7. The maximum Gasteiger partial charge on any atom is 0.228 e. The number of allylic oxidation sites excluding steroid dienone is 2. The molecule has 26 heavy (non-hydrogen) atoms. The zero-order chi connectivity index (χ0) is 18.5. The van der Waals surface area contributed by atoms with Crippen LogP contribution >= 0.6 is 23.2 Å². The Morgan fingerprint density at radius 2 is 1.12 bits per heavy atom. The Morgan fingerprint density at radius 3 is 1.50 bits per heavy atom. The summed E-state index contributed by atoms with van der Waals surface area (Å²) in [7, 11) is 0. The van der Waals surface area contributed by atoms with Gasteiger partial charge in [0.2, 0.25) is 11.8 Å². The van der Waals surface area contributed by atoms with Gasteiger partial charge in [-0.05, 0) is 37.1 Å². The fourth-order valence-corrected chi connectivity index (χ4v) is 3.34. The van der Waals surface area contributed by atoms with Gasteiger partial charge in [0, 0.05) is 0 Å². The number of carbonyl (C=O) groups excluding carboxylic acids is 2. The van der Waals surface area contributed by atoms with E-state index in [0.717, 1.165) is 0 Å². The molecule has 0 spiro atoms. The van der Waals surface area contributed by atoms with Gasteiger partial charge in [-0.2, -0.15) is 0 Å². The molecule has 0 aromatic heterocycles. The minimum atomic E-state index is -0.473. The van der Waals surface area contributed by atoms with Crippen LogP contribution in [-0.4, -0.2) is 11.8 Å². The lowest BCUT2D eigenvalue weighted by Crippen LogP contribution is -2.37. The molecule has 0 heterocycles. The number of hydrogen-bond acceptors (Lipinski definition) is 2. The van der Waals surface area contributed by atoms with E-state index in [4.69, 9.17) is 23.2 Å². The van der Waals surface area contributed by atoms with Crippen molar-refractivity contribution >= 4 is 46.4 Å². The largest absolute Gasteiger partial charge is 0.324 e. The zero-order valence-corrected chi connectivity index (χ0v) is 15.4. The summed E-state index contributed by atoms with van der Waals surface area (Å²) < 4.78 is 0. The number of carbonyl (C=O) groups is 2. The van der Waals surface area contributed by atoms with Crippen molar-refractivity contribution in [3.05, 3.63) is 70.7 Å². The van der Waals surface area contributed by atoms with Gasteiger partial charge in [0.1, 0.15) is 0 Å². The number of hydrogen-bond donors (Lipinski definition) is 2. The van der Waals surface area contributed by atoms with Crippen LogP contribution in [0, 0.1) is 11.8 Å². The molecule has 4 nitrogen and oxygen atoms in total. The molecule has 0 aliphatic heterocycles. The second-order valence-electron chi connectivity index (χ2n) is 6.09. The van der Waals surface area contributed by atoms with Gasteiger partial charge < -0.3 is 10.6 Å². The summed E-state index contributed by atoms with van der Waals surface area (Å²) in [6.07, 6.45) is 4.85. The predicted molar refractivity (Wildman–Crippen MR) is 106 cm³/mol. The van der Waals surface area contributed by atoms with Crippen molar-refractivity contribution in [2.75, 3.05) is 10.6 Å². The average molecular weight is 389 g/mol. The van der Waals surface area contributed by atoms with E-state index in [9.17, 15) is 9.59 Å². The molecule has 1 aliphatic rings. The summed E-state index contributed by atoms with van der Waals surface area (Å²) in [4.78, 5) is 25.5. The van der Waals surface area contributed by atoms with Gasteiger partial charge in [-0.15, -0.1) is 0 Å². The molecule has 1 aliphatic carbocycles. The number of amides is 2. The van der Waals surface area contributed by atoms with Gasteiger partial charge >= 0.3 is 0 Å². The number of para-hydroxylation sites is 2. The predicted octanol–water partition coefficient (Wildman–Crippen LogP) is 5.15. The maximum absolute atomic E-state index is 12.7. The minimum Gasteiger partial charge on any atom is -0.324 e. The summed E-state index contributed by atoms with van der Waals surface area (Å²) in [5, 5.41) is 6.58. The highest BCUT2D eigenvalue weighted by atomic mass is 35.5. The molecule has 2 unspecified atom stereocenters. The van der Waals surface area contributed by atoms with Gasteiger partial charge in [-0.25, -0.2) is 0 Å². The Balaban J connectivity index is 1.74. The quantitative estimate of drug-likeness (QED) is 0.711. The van der Waals surface area contributed by atoms with Crippen molar-refractivity contribution in [2.24, 2.45) is 11.8 Å². The Hall–Kier alpha value is -2.30. The monoisotopic (exact) mass is 388 g/mol. The van der Waals surface area contributed by atoms with E-state index in [1.54, 1.807) is 48.5 Å². The Bertz CT molecular complexity index is 782. The Morgan fingerprint density at radius 1 is 0.731 bits per heavy atom. The first kappa shape index (κ1) is 18.5. The molecule has 134 valence electrons. The van der Waals surface area contributed by atoms with Gasteiger partial charge in [0.05, 0.1) is 33.3 Å².